The Balaban J connectivity index is 1.28. The number of amides is 2. The number of ether oxygens (including phenoxy) is 2. The van der Waals surface area contributed by atoms with Gasteiger partial charge in [0.05, 0.1) is 29.9 Å². The van der Waals surface area contributed by atoms with E-state index in [1.54, 1.807) is 72.8 Å². The molecule has 0 unspecified atom stereocenters. The summed E-state index contributed by atoms with van der Waals surface area (Å²) in [6, 6.07) is 21.0. The van der Waals surface area contributed by atoms with Gasteiger partial charge in [-0.1, -0.05) is 48.4 Å². The molecule has 7 nitrogen and oxygen atoms in total. The molecule has 0 fully saturated rings. The summed E-state index contributed by atoms with van der Waals surface area (Å²) in [6.07, 6.45) is 3.70. The molecule has 192 valence electrons. The molecule has 2 amide bonds. The highest BCUT2D eigenvalue weighted by Gasteiger charge is 2.34. The Bertz CT molecular complexity index is 1400. The Morgan fingerprint density at radius 2 is 1.63 bits per heavy atom. The number of allylic oxidation sites excluding steroid dienone is 1. The number of fused-ring (bicyclic) bond motifs is 1. The van der Waals surface area contributed by atoms with Gasteiger partial charge in [-0.15, -0.1) is 0 Å². The van der Waals surface area contributed by atoms with Crippen molar-refractivity contribution in [2.45, 2.75) is 25.7 Å². The third kappa shape index (κ3) is 6.10. The molecular formula is C30H25ClN2O5. The van der Waals surface area contributed by atoms with Gasteiger partial charge in [-0.3, -0.25) is 19.3 Å². The fourth-order valence-electron chi connectivity index (χ4n) is 4.17. The molecule has 1 aliphatic heterocycles. The van der Waals surface area contributed by atoms with Crippen molar-refractivity contribution < 1.29 is 23.9 Å². The Hall–Kier alpha value is -4.41. The molecule has 0 saturated heterocycles. The number of hydrogen-bond donors (Lipinski definition) is 0. The number of unbranched alkanes of at least 4 members (excludes halogenated alkanes) is 2. The maximum absolute atomic E-state index is 12.4. The molecule has 1 heterocycles. The number of benzene rings is 3. The van der Waals surface area contributed by atoms with Crippen molar-refractivity contribution in [1.82, 2.24) is 4.90 Å². The normalized spacial score (nSPS) is 12.8. The topological polar surface area (TPSA) is 96.7 Å². The van der Waals surface area contributed by atoms with Crippen LogP contribution < -0.4 is 9.47 Å². The number of carbonyl (C=O) groups excluding carboxylic acids is 3. The summed E-state index contributed by atoms with van der Waals surface area (Å²) in [5.41, 5.74) is 2.76. The van der Waals surface area contributed by atoms with Crippen LogP contribution in [0.15, 0.2) is 66.7 Å². The molecule has 0 spiro atoms. The number of hydrogen-bond acceptors (Lipinski definition) is 6. The van der Waals surface area contributed by atoms with Crippen LogP contribution in [0.1, 0.15) is 57.5 Å². The van der Waals surface area contributed by atoms with E-state index >= 15 is 0 Å². The van der Waals surface area contributed by atoms with Crippen molar-refractivity contribution in [1.29, 1.82) is 5.26 Å². The molecule has 0 N–H and O–H groups in total. The Morgan fingerprint density at radius 3 is 2.26 bits per heavy atom. The molecule has 4 rings (SSSR count). The Labute approximate surface area is 225 Å². The van der Waals surface area contributed by atoms with Gasteiger partial charge in [0.15, 0.2) is 11.5 Å². The first kappa shape index (κ1) is 26.6. The molecule has 1 aliphatic rings. The van der Waals surface area contributed by atoms with Crippen molar-refractivity contribution in [3.8, 4) is 17.6 Å². The highest BCUT2D eigenvalue weighted by Crippen LogP contribution is 2.30. The number of nitriles is 1. The predicted octanol–water partition coefficient (Wildman–Crippen LogP) is 6.17. The van der Waals surface area contributed by atoms with Gasteiger partial charge in [-0.25, -0.2) is 0 Å². The van der Waals surface area contributed by atoms with Crippen LogP contribution in [0.2, 0.25) is 5.02 Å². The second-order valence-corrected chi connectivity index (χ2v) is 9.12. The molecule has 0 aliphatic carbocycles. The van der Waals surface area contributed by atoms with Gasteiger partial charge in [-0.05, 0) is 66.4 Å². The summed E-state index contributed by atoms with van der Waals surface area (Å²) >= 11 is 5.93. The summed E-state index contributed by atoms with van der Waals surface area (Å²) < 4.78 is 10.9. The molecule has 0 aromatic heterocycles. The van der Waals surface area contributed by atoms with E-state index in [-0.39, 0.29) is 24.0 Å². The van der Waals surface area contributed by atoms with Gasteiger partial charge in [0.1, 0.15) is 0 Å². The van der Waals surface area contributed by atoms with Crippen LogP contribution in [-0.2, 0) is 4.79 Å². The first-order valence-corrected chi connectivity index (χ1v) is 12.5. The van der Waals surface area contributed by atoms with Crippen molar-refractivity contribution >= 4 is 41.0 Å². The monoisotopic (exact) mass is 528 g/mol. The van der Waals surface area contributed by atoms with Gasteiger partial charge < -0.3 is 9.47 Å². The maximum atomic E-state index is 12.4. The molecule has 0 radical (unpaired) electrons. The van der Waals surface area contributed by atoms with Crippen LogP contribution in [0.4, 0.5) is 0 Å². The lowest BCUT2D eigenvalue weighted by molar-refractivity contribution is -0.134. The summed E-state index contributed by atoms with van der Waals surface area (Å²) in [7, 11) is 1.48. The average molecular weight is 529 g/mol. The van der Waals surface area contributed by atoms with Crippen molar-refractivity contribution in [3.05, 3.63) is 94.0 Å². The van der Waals surface area contributed by atoms with Gasteiger partial charge in [0.2, 0.25) is 0 Å². The summed E-state index contributed by atoms with van der Waals surface area (Å²) in [5.74, 6) is -0.307. The predicted molar refractivity (Wildman–Crippen MR) is 144 cm³/mol. The minimum absolute atomic E-state index is 0.183. The summed E-state index contributed by atoms with van der Waals surface area (Å²) in [6.45, 7) is 0.310. The van der Waals surface area contributed by atoms with Crippen LogP contribution in [-0.4, -0.2) is 36.3 Å². The first-order valence-electron chi connectivity index (χ1n) is 12.1. The number of methoxy groups -OCH3 is 1. The fraction of sp³-hybridized carbons (Fsp3) is 0.200. The van der Waals surface area contributed by atoms with E-state index in [0.29, 0.717) is 58.8 Å². The van der Waals surface area contributed by atoms with E-state index < -0.39 is 5.97 Å². The van der Waals surface area contributed by atoms with E-state index in [4.69, 9.17) is 21.1 Å². The summed E-state index contributed by atoms with van der Waals surface area (Å²) in [5, 5.41) is 10.2. The molecule has 8 heteroatoms. The first-order chi connectivity index (χ1) is 18.4. The van der Waals surface area contributed by atoms with Crippen molar-refractivity contribution in [2.24, 2.45) is 0 Å². The van der Waals surface area contributed by atoms with E-state index in [0.717, 1.165) is 5.56 Å². The van der Waals surface area contributed by atoms with Crippen LogP contribution in [0.5, 0.6) is 11.5 Å². The largest absolute Gasteiger partial charge is 0.493 e. The Morgan fingerprint density at radius 1 is 0.947 bits per heavy atom. The van der Waals surface area contributed by atoms with E-state index in [9.17, 15) is 19.6 Å². The molecule has 3 aromatic carbocycles. The Kier molecular flexibility index (Phi) is 8.57. The number of halogens is 1. The quantitative estimate of drug-likeness (QED) is 0.0779. The zero-order chi connectivity index (χ0) is 27.1. The van der Waals surface area contributed by atoms with E-state index in [2.05, 4.69) is 6.07 Å². The minimum Gasteiger partial charge on any atom is -0.493 e. The maximum Gasteiger partial charge on any atom is 0.311 e. The van der Waals surface area contributed by atoms with Crippen molar-refractivity contribution in [3.63, 3.8) is 0 Å². The van der Waals surface area contributed by atoms with Gasteiger partial charge >= 0.3 is 5.97 Å². The molecule has 0 atom stereocenters. The smallest absolute Gasteiger partial charge is 0.311 e. The standard InChI is InChI=1S/C30H25ClN2O5/c1-37-27-18-20(17-22(19-32)21-11-13-23(31)14-12-21)10-15-26(27)38-28(34)9-3-2-6-16-33-29(35)24-7-4-5-8-25(24)30(33)36/h4-5,7-8,10-15,17-18H,2-3,6,9,16H2,1H3/b22-17+. The zero-order valence-corrected chi connectivity index (χ0v) is 21.5. The third-order valence-corrected chi connectivity index (χ3v) is 6.39. The molecule has 3 aromatic rings. The number of esters is 1. The van der Waals surface area contributed by atoms with Crippen LogP contribution in [0.3, 0.4) is 0 Å². The summed E-state index contributed by atoms with van der Waals surface area (Å²) in [4.78, 5) is 38.5. The third-order valence-electron chi connectivity index (χ3n) is 6.14. The number of rotatable bonds is 10. The van der Waals surface area contributed by atoms with Gasteiger partial charge in [0.25, 0.3) is 11.8 Å². The van der Waals surface area contributed by atoms with Crippen LogP contribution in [0.25, 0.3) is 11.6 Å². The average Bonchev–Trinajstić information content (AvgIpc) is 3.17. The number of imide groups is 1. The fourth-order valence-corrected chi connectivity index (χ4v) is 4.29. The number of nitrogens with zero attached hydrogens (tertiary/aromatic N) is 2. The molecular weight excluding hydrogens is 504 g/mol. The molecule has 38 heavy (non-hydrogen) atoms. The number of carbonyl (C=O) groups is 3. The second kappa shape index (κ2) is 12.2. The molecule has 0 bridgehead atoms. The van der Waals surface area contributed by atoms with E-state index in [1.165, 1.54) is 12.0 Å². The highest BCUT2D eigenvalue weighted by molar-refractivity contribution is 6.30. The molecule has 0 saturated carbocycles. The zero-order valence-electron chi connectivity index (χ0n) is 20.8. The minimum atomic E-state index is -0.411. The second-order valence-electron chi connectivity index (χ2n) is 8.68. The van der Waals surface area contributed by atoms with Gasteiger partial charge in [0, 0.05) is 18.0 Å². The van der Waals surface area contributed by atoms with Gasteiger partial charge in [-0.2, -0.15) is 5.26 Å². The SMILES string of the molecule is COc1cc(/C=C(\C#N)c2ccc(Cl)cc2)ccc1OC(=O)CCCCCN1C(=O)c2ccccc2C1=O. The van der Waals surface area contributed by atoms with E-state index in [1.807, 2.05) is 0 Å². The van der Waals surface area contributed by atoms with Crippen LogP contribution >= 0.6 is 11.6 Å². The van der Waals surface area contributed by atoms with Crippen molar-refractivity contribution in [2.75, 3.05) is 13.7 Å². The lowest BCUT2D eigenvalue weighted by Crippen LogP contribution is -2.30. The lowest BCUT2D eigenvalue weighted by atomic mass is 10.0. The highest BCUT2D eigenvalue weighted by atomic mass is 35.5. The van der Waals surface area contributed by atoms with Crippen LogP contribution in [0, 0.1) is 11.3 Å². The lowest BCUT2D eigenvalue weighted by Gasteiger charge is -2.13.